The summed E-state index contributed by atoms with van der Waals surface area (Å²) in [6.07, 6.45) is 3.73. The summed E-state index contributed by atoms with van der Waals surface area (Å²) >= 11 is 0. The van der Waals surface area contributed by atoms with Crippen molar-refractivity contribution in [1.29, 1.82) is 5.26 Å². The molecular formula is C17H26N2. The molecule has 0 saturated carbocycles. The van der Waals surface area contributed by atoms with Crippen LogP contribution >= 0.6 is 0 Å². The van der Waals surface area contributed by atoms with Crippen molar-refractivity contribution < 1.29 is 0 Å². The average molecular weight is 258 g/mol. The Morgan fingerprint density at radius 2 is 1.79 bits per heavy atom. The Balaban J connectivity index is 2.32. The minimum Gasteiger partial charge on any atom is -0.313 e. The quantitative estimate of drug-likeness (QED) is 0.762. The van der Waals surface area contributed by atoms with Crippen LogP contribution < -0.4 is 5.32 Å². The van der Waals surface area contributed by atoms with Gasteiger partial charge in [-0.05, 0) is 24.8 Å². The summed E-state index contributed by atoms with van der Waals surface area (Å²) in [4.78, 5) is 0. The normalized spacial score (nSPS) is 14.1. The molecule has 0 heterocycles. The summed E-state index contributed by atoms with van der Waals surface area (Å²) in [6, 6.07) is 12.9. The molecule has 0 fully saturated rings. The van der Waals surface area contributed by atoms with Crippen LogP contribution in [0.15, 0.2) is 30.3 Å². The molecule has 1 rings (SSSR count). The third-order valence-corrected chi connectivity index (χ3v) is 3.45. The van der Waals surface area contributed by atoms with Gasteiger partial charge in [0.15, 0.2) is 0 Å². The van der Waals surface area contributed by atoms with E-state index in [0.717, 1.165) is 18.0 Å². The van der Waals surface area contributed by atoms with Crippen molar-refractivity contribution in [2.75, 3.05) is 6.54 Å². The van der Waals surface area contributed by atoms with E-state index in [0.29, 0.717) is 6.04 Å². The van der Waals surface area contributed by atoms with E-state index in [2.05, 4.69) is 32.2 Å². The van der Waals surface area contributed by atoms with Gasteiger partial charge in [0.2, 0.25) is 0 Å². The van der Waals surface area contributed by atoms with Gasteiger partial charge in [-0.1, -0.05) is 57.0 Å². The monoisotopic (exact) mass is 258 g/mol. The lowest BCUT2D eigenvalue weighted by atomic mass is 9.99. The van der Waals surface area contributed by atoms with Gasteiger partial charge in [0.05, 0.1) is 12.0 Å². The molecule has 0 spiro atoms. The summed E-state index contributed by atoms with van der Waals surface area (Å²) in [6.45, 7) is 7.47. The van der Waals surface area contributed by atoms with Crippen molar-refractivity contribution in [2.45, 2.75) is 52.0 Å². The van der Waals surface area contributed by atoms with Gasteiger partial charge in [-0.25, -0.2) is 0 Å². The van der Waals surface area contributed by atoms with E-state index in [9.17, 15) is 5.26 Å². The number of nitrogens with zero attached hydrogens (tertiary/aromatic N) is 1. The fraction of sp³-hybridized carbons (Fsp3) is 0.588. The summed E-state index contributed by atoms with van der Waals surface area (Å²) in [5, 5.41) is 12.7. The standard InChI is InChI=1S/C17H26N2/c1-14(2)8-7-9-15(3)19-13-17(12-18)16-10-5-4-6-11-16/h4-6,10-11,14-15,17,19H,7-9,13H2,1-3H3. The van der Waals surface area contributed by atoms with E-state index in [1.165, 1.54) is 19.3 Å². The van der Waals surface area contributed by atoms with Crippen molar-refractivity contribution >= 4 is 0 Å². The highest BCUT2D eigenvalue weighted by atomic mass is 14.9. The zero-order valence-corrected chi connectivity index (χ0v) is 12.4. The first-order valence-corrected chi connectivity index (χ1v) is 7.31. The second-order valence-corrected chi connectivity index (χ2v) is 5.73. The van der Waals surface area contributed by atoms with Crippen LogP contribution in [0, 0.1) is 17.2 Å². The molecule has 2 unspecified atom stereocenters. The number of nitriles is 1. The highest BCUT2D eigenvalue weighted by molar-refractivity contribution is 5.25. The number of hydrogen-bond acceptors (Lipinski definition) is 2. The minimum absolute atomic E-state index is 0.0475. The molecule has 0 aliphatic carbocycles. The predicted octanol–water partition coefficient (Wildman–Crippen LogP) is 4.10. The first-order valence-electron chi connectivity index (χ1n) is 7.31. The predicted molar refractivity (Wildman–Crippen MR) is 80.9 cm³/mol. The second-order valence-electron chi connectivity index (χ2n) is 5.73. The van der Waals surface area contributed by atoms with Gasteiger partial charge >= 0.3 is 0 Å². The molecule has 104 valence electrons. The number of rotatable bonds is 8. The van der Waals surface area contributed by atoms with E-state index in [-0.39, 0.29) is 5.92 Å². The summed E-state index contributed by atoms with van der Waals surface area (Å²) in [5.41, 5.74) is 1.10. The Morgan fingerprint density at radius 1 is 1.11 bits per heavy atom. The maximum atomic E-state index is 9.25. The van der Waals surface area contributed by atoms with Crippen LogP contribution in [0.25, 0.3) is 0 Å². The molecular weight excluding hydrogens is 232 g/mol. The Labute approximate surface area is 117 Å². The SMILES string of the molecule is CC(C)CCCC(C)NCC(C#N)c1ccccc1. The molecule has 0 amide bonds. The number of benzene rings is 1. The lowest BCUT2D eigenvalue weighted by Crippen LogP contribution is -2.30. The van der Waals surface area contributed by atoms with E-state index < -0.39 is 0 Å². The van der Waals surface area contributed by atoms with Gasteiger partial charge in [-0.15, -0.1) is 0 Å². The van der Waals surface area contributed by atoms with Crippen LogP contribution in [0.5, 0.6) is 0 Å². The third-order valence-electron chi connectivity index (χ3n) is 3.45. The van der Waals surface area contributed by atoms with Gasteiger partial charge in [-0.2, -0.15) is 5.26 Å². The van der Waals surface area contributed by atoms with Gasteiger partial charge < -0.3 is 5.32 Å². The Hall–Kier alpha value is -1.33. The van der Waals surface area contributed by atoms with Crippen molar-refractivity contribution in [3.05, 3.63) is 35.9 Å². The lowest BCUT2D eigenvalue weighted by molar-refractivity contribution is 0.454. The molecule has 0 aliphatic heterocycles. The zero-order valence-electron chi connectivity index (χ0n) is 12.4. The molecule has 0 saturated heterocycles. The maximum Gasteiger partial charge on any atom is 0.0837 e. The van der Waals surface area contributed by atoms with Crippen LogP contribution in [0.1, 0.15) is 51.5 Å². The molecule has 1 aromatic carbocycles. The first-order chi connectivity index (χ1) is 9.13. The molecule has 1 aromatic rings. The molecule has 19 heavy (non-hydrogen) atoms. The fourth-order valence-corrected chi connectivity index (χ4v) is 2.18. The van der Waals surface area contributed by atoms with Crippen LogP contribution in [0.2, 0.25) is 0 Å². The molecule has 0 aliphatic rings. The molecule has 0 radical (unpaired) electrons. The van der Waals surface area contributed by atoms with Crippen molar-refractivity contribution in [1.82, 2.24) is 5.32 Å². The summed E-state index contributed by atoms with van der Waals surface area (Å²) in [5.74, 6) is 0.733. The highest BCUT2D eigenvalue weighted by Gasteiger charge is 2.11. The minimum atomic E-state index is -0.0475. The number of nitrogens with one attached hydrogen (secondary N) is 1. The van der Waals surface area contributed by atoms with Crippen LogP contribution in [0.4, 0.5) is 0 Å². The molecule has 0 aromatic heterocycles. The molecule has 0 bridgehead atoms. The highest BCUT2D eigenvalue weighted by Crippen LogP contribution is 2.14. The van der Waals surface area contributed by atoms with E-state index in [1.54, 1.807) is 0 Å². The van der Waals surface area contributed by atoms with Gasteiger partial charge in [0.1, 0.15) is 0 Å². The number of hydrogen-bond donors (Lipinski definition) is 1. The fourth-order valence-electron chi connectivity index (χ4n) is 2.18. The Morgan fingerprint density at radius 3 is 2.37 bits per heavy atom. The zero-order chi connectivity index (χ0) is 14.1. The van der Waals surface area contributed by atoms with Crippen molar-refractivity contribution in [2.24, 2.45) is 5.92 Å². The largest absolute Gasteiger partial charge is 0.313 e. The maximum absolute atomic E-state index is 9.25. The third kappa shape index (κ3) is 6.40. The van der Waals surface area contributed by atoms with E-state index in [1.807, 2.05) is 30.3 Å². The second kappa shape index (κ2) is 8.72. The van der Waals surface area contributed by atoms with Gasteiger partial charge in [0.25, 0.3) is 0 Å². The molecule has 2 nitrogen and oxygen atoms in total. The van der Waals surface area contributed by atoms with Crippen LogP contribution in [-0.2, 0) is 0 Å². The lowest BCUT2D eigenvalue weighted by Gasteiger charge is -2.17. The molecule has 1 N–H and O–H groups in total. The van der Waals surface area contributed by atoms with Crippen LogP contribution in [0.3, 0.4) is 0 Å². The average Bonchev–Trinajstić information content (AvgIpc) is 2.40. The smallest absolute Gasteiger partial charge is 0.0837 e. The summed E-state index contributed by atoms with van der Waals surface area (Å²) < 4.78 is 0. The molecule has 2 heteroatoms. The Bertz CT molecular complexity index is 378. The first kappa shape index (κ1) is 15.7. The molecule has 2 atom stereocenters. The van der Waals surface area contributed by atoms with Gasteiger partial charge in [0, 0.05) is 12.6 Å². The van der Waals surface area contributed by atoms with E-state index >= 15 is 0 Å². The van der Waals surface area contributed by atoms with Gasteiger partial charge in [-0.3, -0.25) is 0 Å². The topological polar surface area (TPSA) is 35.8 Å². The summed E-state index contributed by atoms with van der Waals surface area (Å²) in [7, 11) is 0. The van der Waals surface area contributed by atoms with Crippen molar-refractivity contribution in [3.63, 3.8) is 0 Å². The van der Waals surface area contributed by atoms with Crippen molar-refractivity contribution in [3.8, 4) is 6.07 Å². The van der Waals surface area contributed by atoms with Crippen LogP contribution in [-0.4, -0.2) is 12.6 Å². The Kier molecular flexibility index (Phi) is 7.22. The van der Waals surface area contributed by atoms with E-state index in [4.69, 9.17) is 0 Å².